The van der Waals surface area contributed by atoms with Crippen LogP contribution in [0.2, 0.25) is 0 Å². The lowest BCUT2D eigenvalue weighted by atomic mass is 9.32. The monoisotopic (exact) mass is 498 g/mol. The van der Waals surface area contributed by atoms with Gasteiger partial charge in [-0.25, -0.2) is 0 Å². The molecule has 6 unspecified atom stereocenters. The average molecular weight is 499 g/mol. The number of hydrogen-bond donors (Lipinski definition) is 1. The molecule has 0 bridgehead atoms. The van der Waals surface area contributed by atoms with Crippen LogP contribution in [0.15, 0.2) is 12.2 Å². The number of fused-ring (bicyclic) bond motifs is 7. The SMILES string of the molecule is C=C(C)C1CC[C@]2(C(=O)O)CC[C@]3(C)C(CCC4[C@@]5(C)CCC(OC(C)=O)C(C)(C)C5CC[C@]43C)C12. The number of carboxylic acids is 1. The molecule has 4 nitrogen and oxygen atoms in total. The van der Waals surface area contributed by atoms with E-state index < -0.39 is 11.4 Å². The molecule has 5 aliphatic rings. The van der Waals surface area contributed by atoms with Gasteiger partial charge in [-0.15, -0.1) is 0 Å². The molecule has 0 amide bonds. The quantitative estimate of drug-likeness (QED) is 0.320. The zero-order valence-corrected chi connectivity index (χ0v) is 23.9. The minimum Gasteiger partial charge on any atom is -0.481 e. The van der Waals surface area contributed by atoms with E-state index in [1.807, 2.05) is 0 Å². The second-order valence-electron chi connectivity index (χ2n) is 15.1. The van der Waals surface area contributed by atoms with E-state index in [0.29, 0.717) is 23.7 Å². The van der Waals surface area contributed by atoms with Crippen molar-refractivity contribution < 1.29 is 19.4 Å². The van der Waals surface area contributed by atoms with E-state index in [1.165, 1.54) is 24.8 Å². The van der Waals surface area contributed by atoms with Gasteiger partial charge in [-0.3, -0.25) is 9.59 Å². The Kier molecular flexibility index (Phi) is 5.91. The molecule has 0 radical (unpaired) electrons. The highest BCUT2D eigenvalue weighted by molar-refractivity contribution is 5.76. The number of carbonyl (C=O) groups is 2. The number of ether oxygens (including phenoxy) is 1. The average Bonchev–Trinajstić information content (AvgIpc) is 3.17. The summed E-state index contributed by atoms with van der Waals surface area (Å²) in [5.41, 5.74) is 1.20. The minimum absolute atomic E-state index is 0.00466. The maximum atomic E-state index is 12.8. The van der Waals surface area contributed by atoms with Gasteiger partial charge in [0, 0.05) is 12.3 Å². The minimum atomic E-state index is -0.553. The first-order valence-corrected chi connectivity index (χ1v) is 14.7. The molecule has 0 spiro atoms. The number of aliphatic carboxylic acids is 1. The Labute approximate surface area is 219 Å². The number of carboxylic acid groups (broad SMARTS) is 1. The van der Waals surface area contributed by atoms with Crippen molar-refractivity contribution in [3.63, 3.8) is 0 Å². The number of carbonyl (C=O) groups excluding carboxylic acids is 1. The van der Waals surface area contributed by atoms with Crippen molar-refractivity contribution in [1.29, 1.82) is 0 Å². The van der Waals surface area contributed by atoms with Crippen molar-refractivity contribution in [3.05, 3.63) is 12.2 Å². The van der Waals surface area contributed by atoms with Crippen LogP contribution in [-0.2, 0) is 14.3 Å². The number of allylic oxidation sites excluding steroid dienone is 1. The van der Waals surface area contributed by atoms with Gasteiger partial charge in [0.15, 0.2) is 0 Å². The second-order valence-corrected chi connectivity index (χ2v) is 15.1. The number of hydrogen-bond acceptors (Lipinski definition) is 3. The highest BCUT2D eigenvalue weighted by Gasteiger charge is 2.72. The summed E-state index contributed by atoms with van der Waals surface area (Å²) in [6.45, 7) is 20.4. The van der Waals surface area contributed by atoms with Crippen LogP contribution in [0.1, 0.15) is 113 Å². The van der Waals surface area contributed by atoms with Crippen molar-refractivity contribution in [3.8, 4) is 0 Å². The predicted molar refractivity (Wildman–Crippen MR) is 142 cm³/mol. The first-order chi connectivity index (χ1) is 16.6. The van der Waals surface area contributed by atoms with Crippen LogP contribution >= 0.6 is 0 Å². The molecule has 10 atom stereocenters. The van der Waals surface area contributed by atoms with E-state index in [-0.39, 0.29) is 39.7 Å². The maximum absolute atomic E-state index is 12.8. The Balaban J connectivity index is 1.52. The molecule has 0 aromatic heterocycles. The maximum Gasteiger partial charge on any atom is 0.309 e. The van der Waals surface area contributed by atoms with Crippen LogP contribution in [0.25, 0.3) is 0 Å². The van der Waals surface area contributed by atoms with E-state index in [2.05, 4.69) is 48.1 Å². The Hall–Kier alpha value is -1.32. The summed E-state index contributed by atoms with van der Waals surface area (Å²) in [5.74, 6) is 1.49. The van der Waals surface area contributed by atoms with Crippen LogP contribution < -0.4 is 0 Å². The molecule has 0 heterocycles. The van der Waals surface area contributed by atoms with E-state index in [9.17, 15) is 14.7 Å². The Bertz CT molecular complexity index is 967. The lowest BCUT2D eigenvalue weighted by Crippen LogP contribution is -2.67. The summed E-state index contributed by atoms with van der Waals surface area (Å²) < 4.78 is 5.88. The van der Waals surface area contributed by atoms with Gasteiger partial charge in [0.25, 0.3) is 0 Å². The summed E-state index contributed by atoms with van der Waals surface area (Å²) in [7, 11) is 0. The van der Waals surface area contributed by atoms with Gasteiger partial charge < -0.3 is 9.84 Å². The molecule has 36 heavy (non-hydrogen) atoms. The third-order valence-corrected chi connectivity index (χ3v) is 13.7. The van der Waals surface area contributed by atoms with Gasteiger partial charge in [0.05, 0.1) is 5.41 Å². The fourth-order valence-corrected chi connectivity index (χ4v) is 11.9. The summed E-state index contributed by atoms with van der Waals surface area (Å²) >= 11 is 0. The van der Waals surface area contributed by atoms with Crippen LogP contribution in [0.5, 0.6) is 0 Å². The highest BCUT2D eigenvalue weighted by Crippen LogP contribution is 2.77. The third-order valence-electron chi connectivity index (χ3n) is 13.7. The van der Waals surface area contributed by atoms with E-state index in [1.54, 1.807) is 6.92 Å². The molecule has 0 aliphatic heterocycles. The number of esters is 1. The topological polar surface area (TPSA) is 63.6 Å². The van der Waals surface area contributed by atoms with Crippen molar-refractivity contribution in [2.24, 2.45) is 56.7 Å². The highest BCUT2D eigenvalue weighted by atomic mass is 16.5. The van der Waals surface area contributed by atoms with Gasteiger partial charge in [-0.1, -0.05) is 46.8 Å². The molecule has 5 rings (SSSR count). The molecule has 202 valence electrons. The van der Waals surface area contributed by atoms with E-state index >= 15 is 0 Å². The van der Waals surface area contributed by atoms with Gasteiger partial charge in [0.2, 0.25) is 0 Å². The second kappa shape index (κ2) is 8.09. The molecule has 5 aliphatic carbocycles. The first-order valence-electron chi connectivity index (χ1n) is 14.7. The Morgan fingerprint density at radius 3 is 2.11 bits per heavy atom. The Morgan fingerprint density at radius 2 is 1.50 bits per heavy atom. The third kappa shape index (κ3) is 3.17. The van der Waals surface area contributed by atoms with Gasteiger partial charge in [0.1, 0.15) is 6.10 Å². The van der Waals surface area contributed by atoms with Crippen LogP contribution in [-0.4, -0.2) is 23.1 Å². The fraction of sp³-hybridized carbons (Fsp3) is 0.875. The van der Waals surface area contributed by atoms with Crippen molar-refractivity contribution in [2.45, 2.75) is 119 Å². The first kappa shape index (κ1) is 26.3. The van der Waals surface area contributed by atoms with Crippen molar-refractivity contribution in [1.82, 2.24) is 0 Å². The van der Waals surface area contributed by atoms with Crippen LogP contribution in [0.3, 0.4) is 0 Å². The molecule has 5 saturated carbocycles. The van der Waals surface area contributed by atoms with Gasteiger partial charge >= 0.3 is 11.9 Å². The zero-order valence-electron chi connectivity index (χ0n) is 23.9. The molecular formula is C32H50O4. The Morgan fingerprint density at radius 1 is 0.806 bits per heavy atom. The molecule has 1 N–H and O–H groups in total. The number of rotatable bonds is 3. The van der Waals surface area contributed by atoms with Crippen LogP contribution in [0, 0.1) is 56.7 Å². The molecule has 0 aromatic carbocycles. The summed E-state index contributed by atoms with van der Waals surface area (Å²) in [4.78, 5) is 24.7. The normalized spacial score (nSPS) is 51.2. The predicted octanol–water partition coefficient (Wildman–Crippen LogP) is 7.66. The molecular weight excluding hydrogens is 448 g/mol. The molecule has 4 heteroatoms. The molecule has 0 saturated heterocycles. The standard InChI is InChI=1S/C32H50O4/c1-19(2)21-11-16-32(27(34)35)18-17-30(7)22(26(21)32)9-10-24-29(6)14-13-25(36-20(3)33)28(4,5)23(29)12-15-31(24,30)8/h21-26H,1,9-18H2,2-8H3,(H,34,35)/t21?,22?,23?,24?,25?,26?,29-,30+,31+,32-/m0/s1. The lowest BCUT2D eigenvalue weighted by Gasteiger charge is -2.72. The molecule has 0 aromatic rings. The largest absolute Gasteiger partial charge is 0.481 e. The van der Waals surface area contributed by atoms with Crippen molar-refractivity contribution in [2.75, 3.05) is 0 Å². The van der Waals surface area contributed by atoms with E-state index in [4.69, 9.17) is 4.74 Å². The van der Waals surface area contributed by atoms with Gasteiger partial charge in [-0.2, -0.15) is 0 Å². The fourth-order valence-electron chi connectivity index (χ4n) is 11.9. The van der Waals surface area contributed by atoms with Gasteiger partial charge in [-0.05, 0) is 117 Å². The van der Waals surface area contributed by atoms with Crippen molar-refractivity contribution >= 4 is 11.9 Å². The lowest BCUT2D eigenvalue weighted by molar-refractivity contribution is -0.250. The summed E-state index contributed by atoms with van der Waals surface area (Å²) in [6.07, 6.45) is 10.5. The smallest absolute Gasteiger partial charge is 0.309 e. The summed E-state index contributed by atoms with van der Waals surface area (Å²) in [6, 6.07) is 0. The summed E-state index contributed by atoms with van der Waals surface area (Å²) in [5, 5.41) is 10.5. The molecule has 5 fully saturated rings. The zero-order chi connectivity index (χ0) is 26.5. The van der Waals surface area contributed by atoms with E-state index in [0.717, 1.165) is 44.9 Å². The van der Waals surface area contributed by atoms with Crippen LogP contribution in [0.4, 0.5) is 0 Å².